The van der Waals surface area contributed by atoms with Crippen LogP contribution in [-0.4, -0.2) is 15.0 Å². The molecule has 0 saturated heterocycles. The Kier molecular flexibility index (Phi) is 2.46. The van der Waals surface area contributed by atoms with E-state index in [1.165, 1.54) is 0 Å². The van der Waals surface area contributed by atoms with E-state index < -0.39 is 0 Å². The van der Waals surface area contributed by atoms with E-state index in [1.54, 1.807) is 6.20 Å². The van der Waals surface area contributed by atoms with Gasteiger partial charge in [-0.3, -0.25) is 4.98 Å². The Balaban J connectivity index is 1.81. The summed E-state index contributed by atoms with van der Waals surface area (Å²) in [5.41, 5.74) is 2.86. The van der Waals surface area contributed by atoms with Crippen LogP contribution < -0.4 is 0 Å². The Morgan fingerprint density at radius 1 is 0.652 bits per heavy atom. The number of hydrogen-bond acceptors (Lipinski definition) is 4. The number of benzene rings is 1. The molecule has 5 aromatic rings. The minimum absolute atomic E-state index is 0.589. The minimum Gasteiger partial charge on any atom is -0.419 e. The zero-order chi connectivity index (χ0) is 15.2. The number of pyridine rings is 3. The van der Waals surface area contributed by atoms with Crippen molar-refractivity contribution in [3.05, 3.63) is 67.0 Å². The van der Waals surface area contributed by atoms with Crippen molar-refractivity contribution in [1.29, 1.82) is 0 Å². The van der Waals surface area contributed by atoms with Gasteiger partial charge < -0.3 is 4.42 Å². The number of fused-ring (bicyclic) bond motifs is 4. The second kappa shape index (κ2) is 4.61. The molecule has 0 amide bonds. The van der Waals surface area contributed by atoms with Gasteiger partial charge in [-0.15, -0.1) is 0 Å². The van der Waals surface area contributed by atoms with E-state index in [9.17, 15) is 0 Å². The Hall–Kier alpha value is -3.27. The number of rotatable bonds is 1. The van der Waals surface area contributed by atoms with Gasteiger partial charge in [-0.05, 0) is 35.7 Å². The molecular formula is C19H11N3O. The summed E-state index contributed by atoms with van der Waals surface area (Å²) in [5, 5.41) is 4.17. The summed E-state index contributed by atoms with van der Waals surface area (Å²) >= 11 is 0. The third-order valence-corrected chi connectivity index (χ3v) is 4.03. The normalized spacial score (nSPS) is 11.5. The summed E-state index contributed by atoms with van der Waals surface area (Å²) in [4.78, 5) is 13.4. The summed E-state index contributed by atoms with van der Waals surface area (Å²) in [5.74, 6) is 0. The van der Waals surface area contributed by atoms with E-state index in [-0.39, 0.29) is 0 Å². The summed E-state index contributed by atoms with van der Waals surface area (Å²) in [6.45, 7) is 0. The van der Waals surface area contributed by atoms with Gasteiger partial charge in [0.15, 0.2) is 0 Å². The fourth-order valence-electron chi connectivity index (χ4n) is 2.95. The summed E-state index contributed by atoms with van der Waals surface area (Å²) in [6.07, 6.45) is 3.53. The second-order valence-electron chi connectivity index (χ2n) is 5.39. The topological polar surface area (TPSA) is 51.8 Å². The van der Waals surface area contributed by atoms with Gasteiger partial charge in [0.25, 0.3) is 0 Å². The highest BCUT2D eigenvalue weighted by Gasteiger charge is 2.12. The average molecular weight is 297 g/mol. The Labute approximate surface area is 131 Å². The summed E-state index contributed by atoms with van der Waals surface area (Å²) < 4.78 is 5.78. The van der Waals surface area contributed by atoms with E-state index in [0.717, 1.165) is 32.9 Å². The molecule has 5 rings (SSSR count). The lowest BCUT2D eigenvalue weighted by molar-refractivity contribution is 0.640. The van der Waals surface area contributed by atoms with E-state index >= 15 is 0 Å². The fourth-order valence-corrected chi connectivity index (χ4v) is 2.95. The van der Waals surface area contributed by atoms with Crippen molar-refractivity contribution >= 4 is 33.0 Å². The first kappa shape index (κ1) is 12.3. The highest BCUT2D eigenvalue weighted by molar-refractivity contribution is 6.03. The van der Waals surface area contributed by atoms with Crippen molar-refractivity contribution in [2.75, 3.05) is 0 Å². The van der Waals surface area contributed by atoms with E-state index in [0.29, 0.717) is 11.4 Å². The molecule has 0 N–H and O–H groups in total. The minimum atomic E-state index is 0.589. The van der Waals surface area contributed by atoms with E-state index in [2.05, 4.69) is 27.1 Å². The third-order valence-electron chi connectivity index (χ3n) is 4.03. The molecule has 0 aliphatic carbocycles. The molecule has 0 saturated carbocycles. The van der Waals surface area contributed by atoms with Crippen LogP contribution in [0.25, 0.3) is 44.4 Å². The number of furan rings is 1. The Morgan fingerprint density at radius 3 is 2.52 bits per heavy atom. The maximum absolute atomic E-state index is 5.78. The molecule has 0 aliphatic heterocycles. The highest BCUT2D eigenvalue weighted by atomic mass is 16.3. The summed E-state index contributed by atoms with van der Waals surface area (Å²) in [7, 11) is 0. The Bertz CT molecular complexity index is 1170. The van der Waals surface area contributed by atoms with Crippen LogP contribution in [0.5, 0.6) is 0 Å². The molecule has 23 heavy (non-hydrogen) atoms. The molecule has 0 aliphatic rings. The quantitative estimate of drug-likeness (QED) is 0.454. The number of nitrogens with zero attached hydrogens (tertiary/aromatic N) is 3. The van der Waals surface area contributed by atoms with Gasteiger partial charge in [-0.25, -0.2) is 9.97 Å². The average Bonchev–Trinajstić information content (AvgIpc) is 2.99. The van der Waals surface area contributed by atoms with E-state index in [4.69, 9.17) is 4.42 Å². The fraction of sp³-hybridized carbons (Fsp3) is 0. The molecule has 0 bridgehead atoms. The number of aromatic nitrogens is 3. The first-order valence-electron chi connectivity index (χ1n) is 7.38. The van der Waals surface area contributed by atoms with Crippen LogP contribution in [0.2, 0.25) is 0 Å². The first-order valence-corrected chi connectivity index (χ1v) is 7.38. The SMILES string of the molecule is c1ccc2c(-c3ccc4c(n3)oc3ncccc34)nccc2c1. The molecule has 0 atom stereocenters. The monoisotopic (exact) mass is 297 g/mol. The molecule has 4 aromatic heterocycles. The van der Waals surface area contributed by atoms with Crippen molar-refractivity contribution in [1.82, 2.24) is 15.0 Å². The lowest BCUT2D eigenvalue weighted by Crippen LogP contribution is -1.89. The summed E-state index contributed by atoms with van der Waals surface area (Å²) in [6, 6.07) is 18.1. The van der Waals surface area contributed by atoms with E-state index in [1.807, 2.05) is 48.7 Å². The largest absolute Gasteiger partial charge is 0.419 e. The highest BCUT2D eigenvalue weighted by Crippen LogP contribution is 2.30. The maximum Gasteiger partial charge on any atom is 0.230 e. The molecule has 1 aromatic carbocycles. The van der Waals surface area contributed by atoms with Gasteiger partial charge in [0.05, 0.1) is 11.4 Å². The van der Waals surface area contributed by atoms with Crippen LogP contribution in [0.1, 0.15) is 0 Å². The van der Waals surface area contributed by atoms with Crippen molar-refractivity contribution in [3.8, 4) is 11.4 Å². The van der Waals surface area contributed by atoms with Gasteiger partial charge in [0, 0.05) is 28.6 Å². The second-order valence-corrected chi connectivity index (χ2v) is 5.39. The van der Waals surface area contributed by atoms with Gasteiger partial charge >= 0.3 is 0 Å². The molecule has 108 valence electrons. The van der Waals surface area contributed by atoms with Crippen LogP contribution in [0, 0.1) is 0 Å². The van der Waals surface area contributed by atoms with Gasteiger partial charge in [-0.2, -0.15) is 0 Å². The molecule has 4 nitrogen and oxygen atoms in total. The van der Waals surface area contributed by atoms with Gasteiger partial charge in [0.1, 0.15) is 0 Å². The maximum atomic E-state index is 5.78. The number of hydrogen-bond donors (Lipinski definition) is 0. The standard InChI is InChI=1S/C19H11N3O/c1-2-5-13-12(4-1)9-11-20-17(13)16-8-7-15-14-6-3-10-21-18(14)23-19(15)22-16/h1-11H. The van der Waals surface area contributed by atoms with Crippen molar-refractivity contribution in [3.63, 3.8) is 0 Å². The lowest BCUT2D eigenvalue weighted by atomic mass is 10.1. The first-order chi connectivity index (χ1) is 11.4. The van der Waals surface area contributed by atoms with Crippen LogP contribution >= 0.6 is 0 Å². The molecule has 4 heterocycles. The Morgan fingerprint density at radius 2 is 1.52 bits per heavy atom. The van der Waals surface area contributed by atoms with Crippen LogP contribution in [0.4, 0.5) is 0 Å². The smallest absolute Gasteiger partial charge is 0.230 e. The van der Waals surface area contributed by atoms with Crippen LogP contribution in [0.3, 0.4) is 0 Å². The van der Waals surface area contributed by atoms with Crippen molar-refractivity contribution < 1.29 is 4.42 Å². The van der Waals surface area contributed by atoms with Gasteiger partial charge in [0.2, 0.25) is 11.4 Å². The molecule has 0 radical (unpaired) electrons. The van der Waals surface area contributed by atoms with Crippen LogP contribution in [0.15, 0.2) is 71.4 Å². The predicted octanol–water partition coefficient (Wildman–Crippen LogP) is 4.59. The molecular weight excluding hydrogens is 286 g/mol. The molecule has 0 unspecified atom stereocenters. The zero-order valence-corrected chi connectivity index (χ0v) is 12.1. The lowest BCUT2D eigenvalue weighted by Gasteiger charge is -2.04. The third kappa shape index (κ3) is 1.82. The van der Waals surface area contributed by atoms with Crippen molar-refractivity contribution in [2.45, 2.75) is 0 Å². The molecule has 0 fully saturated rings. The van der Waals surface area contributed by atoms with Crippen molar-refractivity contribution in [2.24, 2.45) is 0 Å². The van der Waals surface area contributed by atoms with Gasteiger partial charge in [-0.1, -0.05) is 24.3 Å². The van der Waals surface area contributed by atoms with Crippen LogP contribution in [-0.2, 0) is 0 Å². The molecule has 4 heteroatoms. The predicted molar refractivity (Wildman–Crippen MR) is 90.0 cm³/mol. The zero-order valence-electron chi connectivity index (χ0n) is 12.1. The molecule has 0 spiro atoms.